The Morgan fingerprint density at radius 1 is 1.16 bits per heavy atom. The standard InChI is InChI=1S/C14H20N4O/c1-10(2)18-9-13(8-17-18)19-12-5-6-14(16-7-12)11(3)15-4/h5-11,15H,1-4H3. The van der Waals surface area contributed by atoms with Crippen molar-refractivity contribution in [3.63, 3.8) is 0 Å². The number of aromatic nitrogens is 3. The molecule has 0 aliphatic rings. The number of ether oxygens (including phenoxy) is 1. The van der Waals surface area contributed by atoms with Gasteiger partial charge in [-0.3, -0.25) is 9.67 Å². The zero-order valence-corrected chi connectivity index (χ0v) is 11.8. The summed E-state index contributed by atoms with van der Waals surface area (Å²) in [6.45, 7) is 6.22. The minimum atomic E-state index is 0.234. The van der Waals surface area contributed by atoms with Crippen molar-refractivity contribution in [1.29, 1.82) is 0 Å². The van der Waals surface area contributed by atoms with Crippen LogP contribution < -0.4 is 10.1 Å². The van der Waals surface area contributed by atoms with Crippen LogP contribution in [-0.2, 0) is 0 Å². The van der Waals surface area contributed by atoms with Gasteiger partial charge in [0.05, 0.1) is 24.3 Å². The first-order valence-electron chi connectivity index (χ1n) is 6.45. The lowest BCUT2D eigenvalue weighted by molar-refractivity contribution is 0.473. The summed E-state index contributed by atoms with van der Waals surface area (Å²) in [5.74, 6) is 1.44. The summed E-state index contributed by atoms with van der Waals surface area (Å²) in [4.78, 5) is 4.37. The molecule has 0 spiro atoms. The molecule has 0 amide bonds. The predicted octanol–water partition coefficient (Wildman–Crippen LogP) is 2.93. The molecule has 0 fully saturated rings. The van der Waals surface area contributed by atoms with Crippen LogP contribution in [0.5, 0.6) is 11.5 Å². The topological polar surface area (TPSA) is 52.0 Å². The van der Waals surface area contributed by atoms with Gasteiger partial charge in [0.15, 0.2) is 5.75 Å². The summed E-state index contributed by atoms with van der Waals surface area (Å²) in [5, 5.41) is 7.38. The summed E-state index contributed by atoms with van der Waals surface area (Å²) >= 11 is 0. The number of nitrogens with zero attached hydrogens (tertiary/aromatic N) is 3. The fourth-order valence-electron chi connectivity index (χ4n) is 1.65. The van der Waals surface area contributed by atoms with E-state index in [0.29, 0.717) is 6.04 Å². The van der Waals surface area contributed by atoms with Crippen LogP contribution >= 0.6 is 0 Å². The summed E-state index contributed by atoms with van der Waals surface area (Å²) in [7, 11) is 1.91. The smallest absolute Gasteiger partial charge is 0.165 e. The molecule has 5 nitrogen and oxygen atoms in total. The Morgan fingerprint density at radius 2 is 1.95 bits per heavy atom. The largest absolute Gasteiger partial charge is 0.452 e. The number of pyridine rings is 1. The van der Waals surface area contributed by atoms with Crippen LogP contribution in [0.4, 0.5) is 0 Å². The fraction of sp³-hybridized carbons (Fsp3) is 0.429. The summed E-state index contributed by atoms with van der Waals surface area (Å²) < 4.78 is 7.57. The molecule has 2 aromatic rings. The molecule has 0 aromatic carbocycles. The van der Waals surface area contributed by atoms with Gasteiger partial charge < -0.3 is 10.1 Å². The highest BCUT2D eigenvalue weighted by molar-refractivity contribution is 5.27. The van der Waals surface area contributed by atoms with Gasteiger partial charge >= 0.3 is 0 Å². The summed E-state index contributed by atoms with van der Waals surface area (Å²) in [6.07, 6.45) is 5.33. The second-order valence-electron chi connectivity index (χ2n) is 4.78. The zero-order chi connectivity index (χ0) is 13.8. The molecule has 2 heterocycles. The van der Waals surface area contributed by atoms with Crippen LogP contribution in [0.25, 0.3) is 0 Å². The van der Waals surface area contributed by atoms with Gasteiger partial charge in [0, 0.05) is 12.1 Å². The van der Waals surface area contributed by atoms with Gasteiger partial charge in [-0.05, 0) is 40.0 Å². The van der Waals surface area contributed by atoms with Crippen LogP contribution in [0.3, 0.4) is 0 Å². The van der Waals surface area contributed by atoms with E-state index in [4.69, 9.17) is 4.74 Å². The van der Waals surface area contributed by atoms with E-state index in [9.17, 15) is 0 Å². The van der Waals surface area contributed by atoms with E-state index >= 15 is 0 Å². The normalized spacial score (nSPS) is 12.7. The third kappa shape index (κ3) is 3.32. The van der Waals surface area contributed by atoms with Crippen molar-refractivity contribution < 1.29 is 4.74 Å². The van der Waals surface area contributed by atoms with E-state index in [1.807, 2.05) is 30.1 Å². The molecule has 0 bridgehead atoms. The molecule has 1 unspecified atom stereocenters. The van der Waals surface area contributed by atoms with Crippen LogP contribution in [0.1, 0.15) is 38.5 Å². The van der Waals surface area contributed by atoms with Crippen molar-refractivity contribution in [3.05, 3.63) is 36.4 Å². The minimum absolute atomic E-state index is 0.234. The molecule has 0 saturated carbocycles. The highest BCUT2D eigenvalue weighted by atomic mass is 16.5. The van der Waals surface area contributed by atoms with Gasteiger partial charge in [-0.15, -0.1) is 0 Å². The molecule has 19 heavy (non-hydrogen) atoms. The Morgan fingerprint density at radius 3 is 2.47 bits per heavy atom. The second-order valence-corrected chi connectivity index (χ2v) is 4.78. The van der Waals surface area contributed by atoms with Gasteiger partial charge in [-0.1, -0.05) is 0 Å². The third-order valence-electron chi connectivity index (χ3n) is 2.98. The van der Waals surface area contributed by atoms with Crippen molar-refractivity contribution in [3.8, 4) is 11.5 Å². The predicted molar refractivity (Wildman–Crippen MR) is 74.4 cm³/mol. The Balaban J connectivity index is 2.06. The summed E-state index contributed by atoms with van der Waals surface area (Å²) in [6, 6.07) is 4.44. The van der Waals surface area contributed by atoms with Crippen molar-refractivity contribution in [1.82, 2.24) is 20.1 Å². The molecule has 5 heteroatoms. The molecule has 1 atom stereocenters. The average Bonchev–Trinajstić information content (AvgIpc) is 2.87. The van der Waals surface area contributed by atoms with Crippen LogP contribution in [0, 0.1) is 0 Å². The summed E-state index contributed by atoms with van der Waals surface area (Å²) in [5.41, 5.74) is 0.993. The second kappa shape index (κ2) is 5.84. The van der Waals surface area contributed by atoms with E-state index in [0.717, 1.165) is 17.2 Å². The van der Waals surface area contributed by atoms with Crippen LogP contribution in [0.15, 0.2) is 30.7 Å². The molecule has 0 aliphatic carbocycles. The van der Waals surface area contributed by atoms with Crippen LogP contribution in [-0.4, -0.2) is 21.8 Å². The molecule has 2 aromatic heterocycles. The van der Waals surface area contributed by atoms with Gasteiger partial charge in [0.25, 0.3) is 0 Å². The molecule has 0 radical (unpaired) electrons. The number of hydrogen-bond acceptors (Lipinski definition) is 4. The maximum Gasteiger partial charge on any atom is 0.165 e. The van der Waals surface area contributed by atoms with E-state index < -0.39 is 0 Å². The van der Waals surface area contributed by atoms with Gasteiger partial charge in [0.2, 0.25) is 0 Å². The zero-order valence-electron chi connectivity index (χ0n) is 11.8. The first-order chi connectivity index (χ1) is 9.10. The van der Waals surface area contributed by atoms with E-state index in [1.54, 1.807) is 12.4 Å². The highest BCUT2D eigenvalue weighted by Gasteiger charge is 2.06. The Labute approximate surface area is 113 Å². The van der Waals surface area contributed by atoms with E-state index in [-0.39, 0.29) is 6.04 Å². The van der Waals surface area contributed by atoms with Crippen molar-refractivity contribution >= 4 is 0 Å². The van der Waals surface area contributed by atoms with Gasteiger partial charge in [0.1, 0.15) is 5.75 Å². The lowest BCUT2D eigenvalue weighted by Gasteiger charge is -2.10. The van der Waals surface area contributed by atoms with Gasteiger partial charge in [-0.25, -0.2) is 0 Å². The molecular formula is C14H20N4O. The first kappa shape index (κ1) is 13.5. The van der Waals surface area contributed by atoms with Crippen molar-refractivity contribution in [2.45, 2.75) is 32.9 Å². The first-order valence-corrected chi connectivity index (χ1v) is 6.45. The molecular weight excluding hydrogens is 240 g/mol. The maximum absolute atomic E-state index is 5.71. The van der Waals surface area contributed by atoms with Crippen molar-refractivity contribution in [2.24, 2.45) is 0 Å². The molecule has 102 valence electrons. The lowest BCUT2D eigenvalue weighted by Crippen LogP contribution is -2.13. The molecule has 0 aliphatic heterocycles. The Kier molecular flexibility index (Phi) is 4.16. The Bertz CT molecular complexity index is 518. The monoisotopic (exact) mass is 260 g/mol. The maximum atomic E-state index is 5.71. The molecule has 2 rings (SSSR count). The average molecular weight is 260 g/mol. The highest BCUT2D eigenvalue weighted by Crippen LogP contribution is 2.22. The lowest BCUT2D eigenvalue weighted by atomic mass is 10.2. The third-order valence-corrected chi connectivity index (χ3v) is 2.98. The fourth-order valence-corrected chi connectivity index (χ4v) is 1.65. The SMILES string of the molecule is CNC(C)c1ccc(Oc2cnn(C(C)C)c2)cn1. The minimum Gasteiger partial charge on any atom is -0.452 e. The van der Waals surface area contributed by atoms with Crippen molar-refractivity contribution in [2.75, 3.05) is 7.05 Å². The number of rotatable bonds is 5. The van der Waals surface area contributed by atoms with Crippen LogP contribution in [0.2, 0.25) is 0 Å². The van der Waals surface area contributed by atoms with E-state index in [1.165, 1.54) is 0 Å². The van der Waals surface area contributed by atoms with E-state index in [2.05, 4.69) is 36.2 Å². The quantitative estimate of drug-likeness (QED) is 0.898. The van der Waals surface area contributed by atoms with Gasteiger partial charge in [-0.2, -0.15) is 5.10 Å². The Hall–Kier alpha value is -1.88. The number of nitrogens with one attached hydrogen (secondary N) is 1. The molecule has 1 N–H and O–H groups in total. The molecule has 0 saturated heterocycles. The number of hydrogen-bond donors (Lipinski definition) is 1.